The number of ether oxygens (including phenoxy) is 1. The Kier molecular flexibility index (Phi) is 6.31. The molecule has 0 aliphatic heterocycles. The van der Waals surface area contributed by atoms with Crippen LogP contribution in [0.4, 0.5) is 15.8 Å². The van der Waals surface area contributed by atoms with Crippen LogP contribution in [-0.4, -0.2) is 25.0 Å². The minimum atomic E-state index is -0.480. The summed E-state index contributed by atoms with van der Waals surface area (Å²) in [6.07, 6.45) is 0.174. The third-order valence-corrected chi connectivity index (χ3v) is 3.20. The number of hydrogen-bond donors (Lipinski definition) is 2. The van der Waals surface area contributed by atoms with Gasteiger partial charge in [0.05, 0.1) is 17.9 Å². The van der Waals surface area contributed by atoms with Crippen molar-refractivity contribution in [2.24, 2.45) is 0 Å². The summed E-state index contributed by atoms with van der Waals surface area (Å²) in [7, 11) is 0. The highest BCUT2D eigenvalue weighted by atomic mass is 19.1. The molecule has 0 heterocycles. The molecule has 2 N–H and O–H groups in total. The maximum Gasteiger partial charge on any atom is 0.340 e. The summed E-state index contributed by atoms with van der Waals surface area (Å²) < 4.78 is 18.0. The number of anilines is 2. The maximum atomic E-state index is 13.1. The molecule has 0 aliphatic rings. The molecule has 0 radical (unpaired) electrons. The van der Waals surface area contributed by atoms with Crippen molar-refractivity contribution in [2.45, 2.75) is 13.3 Å². The number of carbonyl (C=O) groups excluding carboxylic acids is 2. The van der Waals surface area contributed by atoms with Gasteiger partial charge in [-0.1, -0.05) is 18.2 Å². The standard InChI is InChI=1S/C18H19FN2O3/c1-2-24-18(23)15-8-3-4-9-16(15)21-17(22)10-11-20-14-7-5-6-13(19)12-14/h3-9,12,20H,2,10-11H2,1H3,(H,21,22). The second-order valence-electron chi connectivity index (χ2n) is 5.00. The van der Waals surface area contributed by atoms with Gasteiger partial charge in [-0.3, -0.25) is 4.79 Å². The van der Waals surface area contributed by atoms with E-state index in [-0.39, 0.29) is 24.8 Å². The molecule has 6 heteroatoms. The molecule has 0 unspecified atom stereocenters. The topological polar surface area (TPSA) is 67.4 Å². The van der Waals surface area contributed by atoms with Crippen LogP contribution in [0.25, 0.3) is 0 Å². The number of halogens is 1. The summed E-state index contributed by atoms with van der Waals surface area (Å²) in [5.41, 5.74) is 1.33. The van der Waals surface area contributed by atoms with E-state index in [2.05, 4.69) is 10.6 Å². The number of hydrogen-bond acceptors (Lipinski definition) is 4. The highest BCUT2D eigenvalue weighted by molar-refractivity contribution is 6.01. The highest BCUT2D eigenvalue weighted by Gasteiger charge is 2.13. The lowest BCUT2D eigenvalue weighted by Crippen LogP contribution is -2.18. The van der Waals surface area contributed by atoms with Crippen molar-refractivity contribution >= 4 is 23.3 Å². The van der Waals surface area contributed by atoms with Crippen LogP contribution >= 0.6 is 0 Å². The van der Waals surface area contributed by atoms with Gasteiger partial charge in [0, 0.05) is 18.7 Å². The van der Waals surface area contributed by atoms with Crippen molar-refractivity contribution in [1.82, 2.24) is 0 Å². The molecule has 0 saturated heterocycles. The Hall–Kier alpha value is -2.89. The molecule has 0 atom stereocenters. The van der Waals surface area contributed by atoms with Crippen molar-refractivity contribution in [1.29, 1.82) is 0 Å². The Labute approximate surface area is 139 Å². The zero-order valence-corrected chi connectivity index (χ0v) is 13.3. The van der Waals surface area contributed by atoms with Crippen molar-refractivity contribution < 1.29 is 18.7 Å². The lowest BCUT2D eigenvalue weighted by molar-refractivity contribution is -0.115. The van der Waals surface area contributed by atoms with Crippen LogP contribution in [0, 0.1) is 5.82 Å². The molecule has 126 valence electrons. The van der Waals surface area contributed by atoms with E-state index in [9.17, 15) is 14.0 Å². The molecule has 0 bridgehead atoms. The second kappa shape index (κ2) is 8.67. The molecule has 0 spiro atoms. The quantitative estimate of drug-likeness (QED) is 0.763. The van der Waals surface area contributed by atoms with E-state index in [0.717, 1.165) is 0 Å². The van der Waals surface area contributed by atoms with Gasteiger partial charge < -0.3 is 15.4 Å². The normalized spacial score (nSPS) is 10.1. The fraction of sp³-hybridized carbons (Fsp3) is 0.222. The molecule has 0 fully saturated rings. The molecule has 0 saturated carbocycles. The van der Waals surface area contributed by atoms with Gasteiger partial charge in [0.25, 0.3) is 0 Å². The summed E-state index contributed by atoms with van der Waals surface area (Å²) >= 11 is 0. The Morgan fingerprint density at radius 2 is 1.92 bits per heavy atom. The number of carbonyl (C=O) groups is 2. The summed E-state index contributed by atoms with van der Waals surface area (Å²) in [4.78, 5) is 23.9. The summed E-state index contributed by atoms with van der Waals surface area (Å²) in [6, 6.07) is 12.7. The fourth-order valence-electron chi connectivity index (χ4n) is 2.11. The Balaban J connectivity index is 1.89. The first-order valence-electron chi connectivity index (χ1n) is 7.65. The maximum absolute atomic E-state index is 13.1. The van der Waals surface area contributed by atoms with Gasteiger partial charge in [0.1, 0.15) is 5.82 Å². The minimum Gasteiger partial charge on any atom is -0.462 e. The number of nitrogens with one attached hydrogen (secondary N) is 2. The summed E-state index contributed by atoms with van der Waals surface area (Å²) in [5, 5.41) is 5.66. The van der Waals surface area contributed by atoms with Gasteiger partial charge in [-0.05, 0) is 37.3 Å². The molecule has 5 nitrogen and oxygen atoms in total. The highest BCUT2D eigenvalue weighted by Crippen LogP contribution is 2.16. The van der Waals surface area contributed by atoms with Crippen molar-refractivity contribution in [3.05, 3.63) is 59.9 Å². The smallest absolute Gasteiger partial charge is 0.340 e. The van der Waals surface area contributed by atoms with Crippen LogP contribution in [0.1, 0.15) is 23.7 Å². The molecule has 2 rings (SSSR count). The fourth-order valence-corrected chi connectivity index (χ4v) is 2.11. The van der Waals surface area contributed by atoms with Crippen LogP contribution in [0.2, 0.25) is 0 Å². The van der Waals surface area contributed by atoms with Crippen molar-refractivity contribution in [2.75, 3.05) is 23.8 Å². The number of amides is 1. The van der Waals surface area contributed by atoms with Gasteiger partial charge >= 0.3 is 5.97 Å². The van der Waals surface area contributed by atoms with E-state index in [4.69, 9.17) is 4.74 Å². The van der Waals surface area contributed by atoms with E-state index < -0.39 is 5.97 Å². The number of rotatable bonds is 7. The predicted octanol–water partition coefficient (Wildman–Crippen LogP) is 3.44. The van der Waals surface area contributed by atoms with Crippen LogP contribution < -0.4 is 10.6 Å². The van der Waals surface area contributed by atoms with Gasteiger partial charge in [-0.2, -0.15) is 0 Å². The first kappa shape index (κ1) is 17.5. The van der Waals surface area contributed by atoms with Crippen LogP contribution in [0.15, 0.2) is 48.5 Å². The van der Waals surface area contributed by atoms with E-state index >= 15 is 0 Å². The minimum absolute atomic E-state index is 0.174. The average Bonchev–Trinajstić information content (AvgIpc) is 2.55. The van der Waals surface area contributed by atoms with E-state index in [0.29, 0.717) is 23.5 Å². The molecular weight excluding hydrogens is 311 g/mol. The molecule has 1 amide bonds. The average molecular weight is 330 g/mol. The SMILES string of the molecule is CCOC(=O)c1ccccc1NC(=O)CCNc1cccc(F)c1. The molecule has 0 aliphatic carbocycles. The summed E-state index contributed by atoms with van der Waals surface area (Å²) in [6.45, 7) is 2.33. The Bertz CT molecular complexity index is 719. The first-order valence-corrected chi connectivity index (χ1v) is 7.65. The van der Waals surface area contributed by atoms with Crippen LogP contribution in [0.5, 0.6) is 0 Å². The Morgan fingerprint density at radius 3 is 2.67 bits per heavy atom. The molecule has 24 heavy (non-hydrogen) atoms. The lowest BCUT2D eigenvalue weighted by Gasteiger charge is -2.11. The third-order valence-electron chi connectivity index (χ3n) is 3.20. The molecule has 0 aromatic heterocycles. The number of esters is 1. The largest absolute Gasteiger partial charge is 0.462 e. The number of benzene rings is 2. The van der Waals surface area contributed by atoms with Gasteiger partial charge in [-0.25, -0.2) is 9.18 Å². The zero-order valence-electron chi connectivity index (χ0n) is 13.3. The van der Waals surface area contributed by atoms with E-state index in [1.807, 2.05) is 0 Å². The first-order chi connectivity index (χ1) is 11.6. The summed E-state index contributed by atoms with van der Waals surface area (Å²) in [5.74, 6) is -1.07. The second-order valence-corrected chi connectivity index (χ2v) is 5.00. The van der Waals surface area contributed by atoms with Crippen LogP contribution in [-0.2, 0) is 9.53 Å². The van der Waals surface area contributed by atoms with E-state index in [1.54, 1.807) is 43.3 Å². The monoisotopic (exact) mass is 330 g/mol. The number of para-hydroxylation sites is 1. The third kappa shape index (κ3) is 5.08. The van der Waals surface area contributed by atoms with Gasteiger partial charge in [0.15, 0.2) is 0 Å². The van der Waals surface area contributed by atoms with Gasteiger partial charge in [0.2, 0.25) is 5.91 Å². The van der Waals surface area contributed by atoms with Crippen molar-refractivity contribution in [3.8, 4) is 0 Å². The van der Waals surface area contributed by atoms with Crippen LogP contribution in [0.3, 0.4) is 0 Å². The molecule has 2 aromatic carbocycles. The van der Waals surface area contributed by atoms with Crippen molar-refractivity contribution in [3.63, 3.8) is 0 Å². The zero-order chi connectivity index (χ0) is 17.4. The Morgan fingerprint density at radius 1 is 1.12 bits per heavy atom. The molecular formula is C18H19FN2O3. The van der Waals surface area contributed by atoms with E-state index in [1.165, 1.54) is 12.1 Å². The lowest BCUT2D eigenvalue weighted by atomic mass is 10.1. The predicted molar refractivity (Wildman–Crippen MR) is 90.5 cm³/mol. The molecule has 2 aromatic rings. The van der Waals surface area contributed by atoms with Gasteiger partial charge in [-0.15, -0.1) is 0 Å².